The molecule has 2 aliphatic rings. The fourth-order valence-electron chi connectivity index (χ4n) is 8.83. The van der Waals surface area contributed by atoms with E-state index in [1.165, 1.54) is 66.0 Å². The molecule has 7 heteroatoms. The van der Waals surface area contributed by atoms with Crippen molar-refractivity contribution in [2.45, 2.75) is 62.2 Å². The second kappa shape index (κ2) is 18.4. The molecule has 0 atom stereocenters. The standard InChI is InChI=1S/C31H31Cl2Si2.C15H14.C5H5.2ClH.Zr/c1-34(2,3)30-18-26-22(16-28(30)20-7-11-24(32)12-8-20)15-23-17-29(21-9-13-25(33)14-10-21)31(19-27(23)26)35(4,5)6;1-3-8-14(9-4-1)12-7-13-15-10-5-2-6-11-15;1-2-4-5-3-1;;;/h7-19H,1-6H3;1-6,8-11H,12-13H2;1-3H,4H2;2*1H;/q;;;;;+2/p-2. The van der Waals surface area contributed by atoms with Gasteiger partial charge in [0.25, 0.3) is 0 Å². The molecule has 0 heterocycles. The smallest absolute Gasteiger partial charge is 1.00 e. The van der Waals surface area contributed by atoms with Gasteiger partial charge in [0.05, 0.1) is 0 Å². The van der Waals surface area contributed by atoms with Crippen molar-refractivity contribution < 1.29 is 46.1 Å². The van der Waals surface area contributed by atoms with Crippen LogP contribution in [0, 0.1) is 0 Å². The number of fused-ring (bicyclic) bond motifs is 3. The van der Waals surface area contributed by atoms with Crippen molar-refractivity contribution in [3.63, 3.8) is 0 Å². The third kappa shape index (κ3) is 9.38. The van der Waals surface area contributed by atoms with Crippen molar-refractivity contribution in [1.82, 2.24) is 0 Å². The van der Waals surface area contributed by atoms with Crippen LogP contribution in [-0.4, -0.2) is 19.4 Å². The average Bonchev–Trinajstić information content (AvgIpc) is 3.81. The van der Waals surface area contributed by atoms with Crippen molar-refractivity contribution in [2.75, 3.05) is 0 Å². The summed E-state index contributed by atoms with van der Waals surface area (Å²) in [5.74, 6) is 0. The van der Waals surface area contributed by atoms with Crippen LogP contribution in [0.1, 0.15) is 32.3 Å². The number of rotatable bonds is 10. The summed E-state index contributed by atoms with van der Waals surface area (Å²) in [5.41, 5.74) is 14.1. The molecule has 294 valence electrons. The molecule has 8 rings (SSSR count). The molecule has 0 bridgehead atoms. The summed E-state index contributed by atoms with van der Waals surface area (Å²) in [7, 11) is -3.61. The molecule has 0 amide bonds. The molecule has 2 aliphatic carbocycles. The van der Waals surface area contributed by atoms with E-state index in [2.05, 4.69) is 191 Å². The second-order valence-corrected chi connectivity index (χ2v) is 35.3. The van der Waals surface area contributed by atoms with Crippen LogP contribution in [-0.2, 0) is 34.1 Å². The SMILES string of the molecule is C[Si](C)(C)c1cc2c(cc1-c1ccc(Cl)cc1)[CH]([Zr+2]([C]1=CC=CC1)=[C](Cc1ccccc1)Cc1ccccc1)c1cc(-c3ccc(Cl)cc3)c([Si](C)(C)C)cc1-2.[Cl-].[Cl-]. The maximum Gasteiger partial charge on any atom is -1.00 e. The Kier molecular flexibility index (Phi) is 14.2. The minimum atomic E-state index is -2.82. The van der Waals surface area contributed by atoms with E-state index in [1.807, 2.05) is 0 Å². The zero-order chi connectivity index (χ0) is 39.2. The summed E-state index contributed by atoms with van der Waals surface area (Å²) in [6, 6.07) is 50.3. The monoisotopic (exact) mass is 948 g/mol. The Morgan fingerprint density at radius 1 is 0.552 bits per heavy atom. The largest absolute Gasteiger partial charge is 1.00 e. The fraction of sp³-hybridized carbons (Fsp3) is 0.196. The topological polar surface area (TPSA) is 0 Å². The van der Waals surface area contributed by atoms with Crippen molar-refractivity contribution in [3.8, 4) is 33.4 Å². The molecule has 0 nitrogen and oxygen atoms in total. The molecule has 0 N–H and O–H groups in total. The number of halogens is 4. The third-order valence-electron chi connectivity index (χ3n) is 11.5. The van der Waals surface area contributed by atoms with Gasteiger partial charge in [0, 0.05) is 0 Å². The summed E-state index contributed by atoms with van der Waals surface area (Å²) in [5, 5.41) is 4.60. The van der Waals surface area contributed by atoms with Crippen LogP contribution in [0.25, 0.3) is 33.4 Å². The Labute approximate surface area is 378 Å². The molecular formula is C51H50Cl4Si2Zr. The van der Waals surface area contributed by atoms with Crippen LogP contribution in [0.4, 0.5) is 0 Å². The van der Waals surface area contributed by atoms with Crippen LogP contribution < -0.4 is 35.2 Å². The molecule has 6 aromatic carbocycles. The average molecular weight is 952 g/mol. The number of allylic oxidation sites excluding steroid dienone is 4. The van der Waals surface area contributed by atoms with Crippen molar-refractivity contribution in [2.24, 2.45) is 0 Å². The van der Waals surface area contributed by atoms with E-state index < -0.39 is 37.4 Å². The fourth-order valence-corrected chi connectivity index (χ4v) is 21.5. The van der Waals surface area contributed by atoms with Crippen molar-refractivity contribution >= 4 is 52.9 Å². The first-order valence-corrected chi connectivity index (χ1v) is 31.5. The van der Waals surface area contributed by atoms with E-state index in [0.717, 1.165) is 29.3 Å². The maximum absolute atomic E-state index is 6.51. The number of benzene rings is 6. The molecule has 0 saturated heterocycles. The molecule has 0 unspecified atom stereocenters. The Morgan fingerprint density at radius 2 is 0.966 bits per heavy atom. The minimum absolute atomic E-state index is 0. The number of hydrogen-bond donors (Lipinski definition) is 0. The molecule has 58 heavy (non-hydrogen) atoms. The van der Waals surface area contributed by atoms with Gasteiger partial charge in [-0.3, -0.25) is 0 Å². The first-order chi connectivity index (χ1) is 26.8. The quantitative estimate of drug-likeness (QED) is 0.124. The van der Waals surface area contributed by atoms with E-state index in [4.69, 9.17) is 23.2 Å². The van der Waals surface area contributed by atoms with Gasteiger partial charge in [-0.25, -0.2) is 0 Å². The van der Waals surface area contributed by atoms with Crippen LogP contribution >= 0.6 is 23.2 Å². The van der Waals surface area contributed by atoms with E-state index in [-0.39, 0.29) is 24.8 Å². The second-order valence-electron chi connectivity index (χ2n) is 17.6. The van der Waals surface area contributed by atoms with Gasteiger partial charge >= 0.3 is 357 Å². The zero-order valence-electron chi connectivity index (χ0n) is 34.1. The predicted octanol–water partition coefficient (Wildman–Crippen LogP) is 7.62. The summed E-state index contributed by atoms with van der Waals surface area (Å²) in [6.45, 7) is 15.0. The van der Waals surface area contributed by atoms with Gasteiger partial charge in [-0.2, -0.15) is 0 Å². The molecular weight excluding hydrogens is 902 g/mol. The summed E-state index contributed by atoms with van der Waals surface area (Å²) < 4.78 is 3.79. The van der Waals surface area contributed by atoms with E-state index >= 15 is 0 Å². The molecule has 0 saturated carbocycles. The van der Waals surface area contributed by atoms with Crippen LogP contribution in [0.3, 0.4) is 0 Å². The molecule has 0 aromatic heterocycles. The van der Waals surface area contributed by atoms with E-state index in [9.17, 15) is 0 Å². The normalized spacial score (nSPS) is 13.1. The first kappa shape index (κ1) is 44.7. The van der Waals surface area contributed by atoms with Gasteiger partial charge in [-0.15, -0.1) is 0 Å². The molecule has 0 radical (unpaired) electrons. The van der Waals surface area contributed by atoms with Gasteiger partial charge in [-0.1, -0.05) is 0 Å². The Balaban J connectivity index is 0.00000283. The molecule has 0 fully saturated rings. The maximum atomic E-state index is 6.51. The Morgan fingerprint density at radius 3 is 1.33 bits per heavy atom. The molecule has 0 spiro atoms. The van der Waals surface area contributed by atoms with Gasteiger partial charge in [-0.05, 0) is 0 Å². The van der Waals surface area contributed by atoms with Crippen molar-refractivity contribution in [3.05, 3.63) is 187 Å². The minimum Gasteiger partial charge on any atom is -1.00 e. The number of hydrogen-bond acceptors (Lipinski definition) is 0. The third-order valence-corrected chi connectivity index (χ3v) is 24.4. The summed E-state index contributed by atoms with van der Waals surface area (Å²) >= 11 is 10.2. The van der Waals surface area contributed by atoms with Gasteiger partial charge in [0.2, 0.25) is 0 Å². The Bertz CT molecular complexity index is 2350. The zero-order valence-corrected chi connectivity index (χ0v) is 41.6. The molecule has 6 aromatic rings. The van der Waals surface area contributed by atoms with Crippen LogP contribution in [0.5, 0.6) is 0 Å². The van der Waals surface area contributed by atoms with Crippen LogP contribution in [0.15, 0.2) is 155 Å². The van der Waals surface area contributed by atoms with Gasteiger partial charge in [0.15, 0.2) is 0 Å². The summed E-state index contributed by atoms with van der Waals surface area (Å²) in [4.78, 5) is 0. The first-order valence-electron chi connectivity index (χ1n) is 19.9. The summed E-state index contributed by atoms with van der Waals surface area (Å²) in [6.07, 6.45) is 10.3. The van der Waals surface area contributed by atoms with E-state index in [0.29, 0.717) is 3.63 Å². The Hall–Kier alpha value is -2.85. The van der Waals surface area contributed by atoms with Gasteiger partial charge in [0.1, 0.15) is 0 Å². The van der Waals surface area contributed by atoms with Crippen LogP contribution in [0.2, 0.25) is 49.3 Å². The van der Waals surface area contributed by atoms with Gasteiger partial charge < -0.3 is 24.8 Å². The van der Waals surface area contributed by atoms with E-state index in [1.54, 1.807) is 6.49 Å². The van der Waals surface area contributed by atoms with Crippen molar-refractivity contribution in [1.29, 1.82) is 0 Å². The predicted molar refractivity (Wildman–Crippen MR) is 248 cm³/mol. The molecule has 0 aliphatic heterocycles.